The molecule has 0 aliphatic carbocycles. The monoisotopic (exact) mass is 388 g/mol. The van der Waals surface area contributed by atoms with E-state index in [0.717, 1.165) is 36.4 Å². The molecule has 0 saturated carbocycles. The van der Waals surface area contributed by atoms with Crippen molar-refractivity contribution < 1.29 is 9.53 Å². The van der Waals surface area contributed by atoms with Crippen LogP contribution in [-0.4, -0.2) is 46.0 Å². The molecule has 4 rings (SSSR count). The van der Waals surface area contributed by atoms with Crippen LogP contribution in [0.5, 0.6) is 5.75 Å². The summed E-state index contributed by atoms with van der Waals surface area (Å²) < 4.78 is 5.31. The molecule has 0 spiro atoms. The zero-order valence-electron chi connectivity index (χ0n) is 16.5. The van der Waals surface area contributed by atoms with E-state index in [-0.39, 0.29) is 5.91 Å². The molecule has 148 valence electrons. The first-order chi connectivity index (χ1) is 14.2. The number of amides is 1. The lowest BCUT2D eigenvalue weighted by atomic mass is 9.92. The van der Waals surface area contributed by atoms with Crippen molar-refractivity contribution in [3.05, 3.63) is 83.7 Å². The number of carbonyl (C=O) groups is 1. The molecule has 2 aromatic heterocycles. The van der Waals surface area contributed by atoms with Crippen LogP contribution in [0.3, 0.4) is 0 Å². The highest BCUT2D eigenvalue weighted by molar-refractivity contribution is 5.92. The molecule has 3 aromatic rings. The highest BCUT2D eigenvalue weighted by Crippen LogP contribution is 2.28. The minimum absolute atomic E-state index is 0.0451. The smallest absolute Gasteiger partial charge is 0.274 e. The first-order valence-electron chi connectivity index (χ1n) is 9.87. The lowest BCUT2D eigenvalue weighted by molar-refractivity contribution is 0.0705. The van der Waals surface area contributed by atoms with Crippen LogP contribution in [0.2, 0.25) is 0 Å². The van der Waals surface area contributed by atoms with E-state index in [9.17, 15) is 4.79 Å². The lowest BCUT2D eigenvalue weighted by Crippen LogP contribution is -2.38. The average Bonchev–Trinajstić information content (AvgIpc) is 2.79. The van der Waals surface area contributed by atoms with Gasteiger partial charge in [-0.2, -0.15) is 0 Å². The van der Waals surface area contributed by atoms with Crippen LogP contribution in [0.25, 0.3) is 0 Å². The molecule has 0 atom stereocenters. The maximum Gasteiger partial charge on any atom is 0.274 e. The summed E-state index contributed by atoms with van der Waals surface area (Å²) in [4.78, 5) is 27.4. The molecule has 1 aliphatic heterocycles. The molecule has 1 fully saturated rings. The number of rotatable bonds is 5. The van der Waals surface area contributed by atoms with Crippen LogP contribution in [0.4, 0.5) is 0 Å². The quantitative estimate of drug-likeness (QED) is 0.669. The van der Waals surface area contributed by atoms with Crippen LogP contribution in [0, 0.1) is 0 Å². The number of hydrogen-bond donors (Lipinski definition) is 0. The fourth-order valence-corrected chi connectivity index (χ4v) is 3.77. The summed E-state index contributed by atoms with van der Waals surface area (Å²) in [7, 11) is 1.68. The molecule has 3 heterocycles. The first-order valence-corrected chi connectivity index (χ1v) is 9.87. The fourth-order valence-electron chi connectivity index (χ4n) is 3.77. The third kappa shape index (κ3) is 4.59. The van der Waals surface area contributed by atoms with E-state index in [0.29, 0.717) is 24.7 Å². The minimum atomic E-state index is -0.0451. The Kier molecular flexibility index (Phi) is 5.79. The van der Waals surface area contributed by atoms with Crippen LogP contribution in [0.15, 0.2) is 61.1 Å². The topological polar surface area (TPSA) is 68.2 Å². The molecular weight excluding hydrogens is 364 g/mol. The van der Waals surface area contributed by atoms with Crippen LogP contribution in [0.1, 0.15) is 46.2 Å². The second-order valence-electron chi connectivity index (χ2n) is 7.24. The number of carbonyl (C=O) groups excluding carboxylic acids is 1. The Morgan fingerprint density at radius 3 is 2.72 bits per heavy atom. The minimum Gasteiger partial charge on any atom is -0.497 e. The van der Waals surface area contributed by atoms with Gasteiger partial charge in [-0.1, -0.05) is 18.2 Å². The van der Waals surface area contributed by atoms with Gasteiger partial charge in [-0.3, -0.25) is 14.8 Å². The van der Waals surface area contributed by atoms with Gasteiger partial charge in [-0.25, -0.2) is 4.98 Å². The van der Waals surface area contributed by atoms with Crippen molar-refractivity contribution in [2.24, 2.45) is 0 Å². The van der Waals surface area contributed by atoms with E-state index in [2.05, 4.69) is 34.2 Å². The summed E-state index contributed by atoms with van der Waals surface area (Å²) in [6.07, 6.45) is 7.24. The van der Waals surface area contributed by atoms with Gasteiger partial charge in [-0.15, -0.1) is 0 Å². The van der Waals surface area contributed by atoms with Gasteiger partial charge >= 0.3 is 0 Å². The van der Waals surface area contributed by atoms with Gasteiger partial charge in [0.05, 0.1) is 13.3 Å². The van der Waals surface area contributed by atoms with E-state index in [4.69, 9.17) is 9.72 Å². The normalized spacial score (nSPS) is 14.6. The number of benzene rings is 1. The van der Waals surface area contributed by atoms with Crippen molar-refractivity contribution in [3.8, 4) is 5.75 Å². The zero-order valence-corrected chi connectivity index (χ0v) is 16.5. The third-order valence-electron chi connectivity index (χ3n) is 5.33. The van der Waals surface area contributed by atoms with Crippen molar-refractivity contribution >= 4 is 5.91 Å². The molecule has 1 saturated heterocycles. The molecular formula is C23H24N4O2. The highest BCUT2D eigenvalue weighted by atomic mass is 16.5. The standard InChI is InChI=1S/C23H24N4O2/c1-29-20-6-2-4-17(15-20)14-19-5-3-7-21(26-19)18-8-12-27(13-9-18)23(28)22-16-24-10-11-25-22/h2-7,10-11,15-16,18H,8-9,12-14H2,1H3. The molecule has 1 aromatic carbocycles. The fraction of sp³-hybridized carbons (Fsp3) is 0.304. The Morgan fingerprint density at radius 2 is 1.97 bits per heavy atom. The maximum absolute atomic E-state index is 12.6. The van der Waals surface area contributed by atoms with Crippen molar-refractivity contribution in [2.75, 3.05) is 20.2 Å². The molecule has 6 heteroatoms. The Hall–Kier alpha value is -3.28. The lowest BCUT2D eigenvalue weighted by Gasteiger charge is -2.31. The Morgan fingerprint density at radius 1 is 1.14 bits per heavy atom. The average molecular weight is 388 g/mol. The summed E-state index contributed by atoms with van der Waals surface area (Å²) in [6.45, 7) is 1.42. The number of nitrogens with zero attached hydrogens (tertiary/aromatic N) is 4. The van der Waals surface area contributed by atoms with Crippen molar-refractivity contribution in [3.63, 3.8) is 0 Å². The summed E-state index contributed by atoms with van der Waals surface area (Å²) in [5, 5.41) is 0. The number of ether oxygens (including phenoxy) is 1. The molecule has 0 N–H and O–H groups in total. The van der Waals surface area contributed by atoms with Crippen molar-refractivity contribution in [1.29, 1.82) is 0 Å². The number of likely N-dealkylation sites (tertiary alicyclic amines) is 1. The molecule has 29 heavy (non-hydrogen) atoms. The molecule has 6 nitrogen and oxygen atoms in total. The Balaban J connectivity index is 1.40. The summed E-state index contributed by atoms with van der Waals surface area (Å²) >= 11 is 0. The van der Waals surface area contributed by atoms with Gasteiger partial charge in [-0.05, 0) is 42.7 Å². The number of pyridine rings is 1. The number of hydrogen-bond acceptors (Lipinski definition) is 5. The highest BCUT2D eigenvalue weighted by Gasteiger charge is 2.26. The van der Waals surface area contributed by atoms with Crippen LogP contribution in [-0.2, 0) is 6.42 Å². The van der Waals surface area contributed by atoms with E-state index >= 15 is 0 Å². The maximum atomic E-state index is 12.6. The van der Waals surface area contributed by atoms with Crippen LogP contribution >= 0.6 is 0 Å². The van der Waals surface area contributed by atoms with E-state index in [1.165, 1.54) is 11.8 Å². The number of methoxy groups -OCH3 is 1. The predicted octanol–water partition coefficient (Wildman–Crippen LogP) is 3.49. The largest absolute Gasteiger partial charge is 0.497 e. The summed E-state index contributed by atoms with van der Waals surface area (Å²) in [5.41, 5.74) is 3.74. The molecule has 0 radical (unpaired) electrons. The van der Waals surface area contributed by atoms with E-state index in [1.807, 2.05) is 23.1 Å². The molecule has 0 unspecified atom stereocenters. The third-order valence-corrected chi connectivity index (χ3v) is 5.33. The van der Waals surface area contributed by atoms with Crippen molar-refractivity contribution in [2.45, 2.75) is 25.2 Å². The van der Waals surface area contributed by atoms with Gasteiger partial charge in [0.15, 0.2) is 0 Å². The Bertz CT molecular complexity index is 969. The molecule has 1 aliphatic rings. The zero-order chi connectivity index (χ0) is 20.1. The second-order valence-corrected chi connectivity index (χ2v) is 7.24. The van der Waals surface area contributed by atoms with Crippen LogP contribution < -0.4 is 4.74 Å². The first kappa shape index (κ1) is 19.1. The van der Waals surface area contributed by atoms with Gasteiger partial charge in [0.2, 0.25) is 0 Å². The van der Waals surface area contributed by atoms with Gasteiger partial charge in [0.1, 0.15) is 11.4 Å². The number of piperidine rings is 1. The van der Waals surface area contributed by atoms with Gasteiger partial charge in [0.25, 0.3) is 5.91 Å². The summed E-state index contributed by atoms with van der Waals surface area (Å²) in [6, 6.07) is 14.3. The van der Waals surface area contributed by atoms with Crippen molar-refractivity contribution in [1.82, 2.24) is 19.9 Å². The van der Waals surface area contributed by atoms with Gasteiger partial charge < -0.3 is 9.64 Å². The predicted molar refractivity (Wildman–Crippen MR) is 110 cm³/mol. The van der Waals surface area contributed by atoms with E-state index in [1.54, 1.807) is 19.5 Å². The Labute approximate surface area is 170 Å². The second kappa shape index (κ2) is 8.82. The summed E-state index contributed by atoms with van der Waals surface area (Å²) in [5.74, 6) is 1.18. The van der Waals surface area contributed by atoms with E-state index < -0.39 is 0 Å². The SMILES string of the molecule is COc1cccc(Cc2cccc(C3CCN(C(=O)c4cnccn4)CC3)n2)c1. The molecule has 0 bridgehead atoms. The van der Waals surface area contributed by atoms with Gasteiger partial charge in [0, 0.05) is 49.2 Å². The number of aromatic nitrogens is 3. The molecule has 1 amide bonds.